The van der Waals surface area contributed by atoms with Gasteiger partial charge in [0.15, 0.2) is 23.0 Å². The lowest BCUT2D eigenvalue weighted by molar-refractivity contribution is 0.0954. The summed E-state index contributed by atoms with van der Waals surface area (Å²) in [6, 6.07) is 32.4. The molecule has 0 bridgehead atoms. The van der Waals surface area contributed by atoms with E-state index in [1.807, 2.05) is 54.6 Å². The van der Waals surface area contributed by atoms with Gasteiger partial charge in [0, 0.05) is 5.56 Å². The van der Waals surface area contributed by atoms with Gasteiger partial charge in [-0.15, -0.1) is 0 Å². The van der Waals surface area contributed by atoms with Crippen molar-refractivity contribution in [1.29, 1.82) is 0 Å². The smallest absolute Gasteiger partial charge is 0.271 e. The molecule has 1 N–H and O–H groups in total. The number of fused-ring (bicyclic) bond motifs is 1. The molecule has 212 valence electrons. The van der Waals surface area contributed by atoms with E-state index < -0.39 is 5.91 Å². The molecule has 1 amide bonds. The van der Waals surface area contributed by atoms with E-state index >= 15 is 0 Å². The summed E-state index contributed by atoms with van der Waals surface area (Å²) in [5.74, 6) is 1.44. The van der Waals surface area contributed by atoms with Crippen molar-refractivity contribution in [3.05, 3.63) is 130 Å². The Morgan fingerprint density at radius 3 is 2.36 bits per heavy atom. The highest BCUT2D eigenvalue weighted by Gasteiger charge is 2.14. The van der Waals surface area contributed by atoms with E-state index in [9.17, 15) is 4.79 Å². The summed E-state index contributed by atoms with van der Waals surface area (Å²) >= 11 is 6.57. The van der Waals surface area contributed by atoms with Gasteiger partial charge in [-0.2, -0.15) is 5.10 Å². The number of benzene rings is 5. The maximum atomic E-state index is 12.8. The van der Waals surface area contributed by atoms with Gasteiger partial charge in [-0.05, 0) is 57.8 Å². The molecule has 0 saturated heterocycles. The maximum Gasteiger partial charge on any atom is 0.271 e. The Morgan fingerprint density at radius 2 is 1.55 bits per heavy atom. The topological polar surface area (TPSA) is 78.4 Å². The summed E-state index contributed by atoms with van der Waals surface area (Å²) in [4.78, 5) is 12.8. The number of hydrogen-bond donors (Lipinski definition) is 1. The van der Waals surface area contributed by atoms with Gasteiger partial charge < -0.3 is 18.9 Å². The number of halogens is 1. The van der Waals surface area contributed by atoms with Gasteiger partial charge in [-0.1, -0.05) is 84.4 Å². The van der Waals surface area contributed by atoms with Gasteiger partial charge >= 0.3 is 0 Å². The monoisotopic (exact) mass is 580 g/mol. The highest BCUT2D eigenvalue weighted by Crippen LogP contribution is 2.37. The Morgan fingerprint density at radius 1 is 0.786 bits per heavy atom. The highest BCUT2D eigenvalue weighted by molar-refractivity contribution is 6.32. The molecule has 0 heterocycles. The minimum atomic E-state index is -0.410. The fourth-order valence-corrected chi connectivity index (χ4v) is 4.69. The van der Waals surface area contributed by atoms with Crippen LogP contribution in [0.25, 0.3) is 10.8 Å². The minimum Gasteiger partial charge on any atom is -0.493 e. The molecule has 0 aliphatic rings. The molecule has 5 aromatic carbocycles. The SMILES string of the molecule is COc1cc(C(=O)N/N=C/c2cc(Cl)c(OCc3cccc4ccccc34)c(OC)c2)ccc1OCc1ccccc1. The molecule has 0 aliphatic heterocycles. The summed E-state index contributed by atoms with van der Waals surface area (Å²) in [6.45, 7) is 0.701. The molecule has 5 rings (SSSR count). The van der Waals surface area contributed by atoms with Crippen molar-refractivity contribution in [3.63, 3.8) is 0 Å². The fraction of sp³-hybridized carbons (Fsp3) is 0.118. The molecule has 5 aromatic rings. The Balaban J connectivity index is 1.23. The number of carbonyl (C=O) groups is 1. The molecular weight excluding hydrogens is 552 g/mol. The van der Waals surface area contributed by atoms with Gasteiger partial charge in [-0.3, -0.25) is 4.79 Å². The summed E-state index contributed by atoms with van der Waals surface area (Å²) in [7, 11) is 3.07. The first-order valence-electron chi connectivity index (χ1n) is 13.2. The number of hydrazone groups is 1. The molecule has 7 nitrogen and oxygen atoms in total. The number of carbonyl (C=O) groups excluding carboxylic acids is 1. The standard InChI is InChI=1S/C34H29ClN2O5/c1-39-31-19-26(15-16-30(31)41-21-23-9-4-3-5-10-23)34(38)37-36-20-24-17-29(35)33(32(18-24)40-2)42-22-27-13-8-12-25-11-6-7-14-28(25)27/h3-20H,21-22H2,1-2H3,(H,37,38)/b36-20+. The van der Waals surface area contributed by atoms with Crippen molar-refractivity contribution in [2.45, 2.75) is 13.2 Å². The van der Waals surface area contributed by atoms with Gasteiger partial charge in [0.2, 0.25) is 0 Å². The first kappa shape index (κ1) is 28.5. The molecule has 0 radical (unpaired) electrons. The van der Waals surface area contributed by atoms with Crippen LogP contribution in [-0.4, -0.2) is 26.3 Å². The molecule has 0 unspecified atom stereocenters. The first-order valence-corrected chi connectivity index (χ1v) is 13.6. The minimum absolute atomic E-state index is 0.320. The number of hydrogen-bond acceptors (Lipinski definition) is 6. The zero-order valence-corrected chi connectivity index (χ0v) is 23.9. The predicted molar refractivity (Wildman–Crippen MR) is 165 cm³/mol. The lowest BCUT2D eigenvalue weighted by atomic mass is 10.1. The largest absolute Gasteiger partial charge is 0.493 e. The molecule has 42 heavy (non-hydrogen) atoms. The highest BCUT2D eigenvalue weighted by atomic mass is 35.5. The third-order valence-electron chi connectivity index (χ3n) is 6.55. The zero-order valence-electron chi connectivity index (χ0n) is 23.2. The van der Waals surface area contributed by atoms with Crippen molar-refractivity contribution in [1.82, 2.24) is 5.43 Å². The average Bonchev–Trinajstić information content (AvgIpc) is 3.03. The summed E-state index contributed by atoms with van der Waals surface area (Å²) in [5.41, 5.74) is 5.58. The number of amides is 1. The van der Waals surface area contributed by atoms with E-state index in [-0.39, 0.29) is 0 Å². The van der Waals surface area contributed by atoms with Gasteiger partial charge in [-0.25, -0.2) is 5.43 Å². The number of rotatable bonds is 11. The van der Waals surface area contributed by atoms with Crippen molar-refractivity contribution in [2.75, 3.05) is 14.2 Å². The lowest BCUT2D eigenvalue weighted by Crippen LogP contribution is -2.17. The van der Waals surface area contributed by atoms with Crippen molar-refractivity contribution in [2.24, 2.45) is 5.10 Å². The second-order valence-electron chi connectivity index (χ2n) is 9.30. The Labute approximate surface area is 249 Å². The Bertz CT molecular complexity index is 1720. The van der Waals surface area contributed by atoms with E-state index in [1.165, 1.54) is 13.3 Å². The average molecular weight is 581 g/mol. The van der Waals surface area contributed by atoms with E-state index in [4.69, 9.17) is 30.5 Å². The Hall–Kier alpha value is -5.01. The molecule has 0 saturated carbocycles. The van der Waals surface area contributed by atoms with Crippen molar-refractivity contribution < 1.29 is 23.7 Å². The van der Waals surface area contributed by atoms with Crippen molar-refractivity contribution >= 4 is 34.5 Å². The number of nitrogens with one attached hydrogen (secondary N) is 1. The lowest BCUT2D eigenvalue weighted by Gasteiger charge is -2.14. The maximum absolute atomic E-state index is 12.8. The van der Waals surface area contributed by atoms with Crippen LogP contribution in [0.4, 0.5) is 0 Å². The number of methoxy groups -OCH3 is 2. The fourth-order valence-electron chi connectivity index (χ4n) is 4.42. The molecule has 8 heteroatoms. The van der Waals surface area contributed by atoms with Crippen LogP contribution in [0.5, 0.6) is 23.0 Å². The molecular formula is C34H29ClN2O5. The Kier molecular flexibility index (Phi) is 9.21. The number of ether oxygens (including phenoxy) is 4. The van der Waals surface area contributed by atoms with Crippen LogP contribution >= 0.6 is 11.6 Å². The van der Waals surface area contributed by atoms with Crippen molar-refractivity contribution in [3.8, 4) is 23.0 Å². The van der Waals surface area contributed by atoms with Gasteiger partial charge in [0.25, 0.3) is 5.91 Å². The third kappa shape index (κ3) is 6.82. The van der Waals surface area contributed by atoms with E-state index in [2.05, 4.69) is 28.7 Å². The third-order valence-corrected chi connectivity index (χ3v) is 6.83. The van der Waals surface area contributed by atoms with Crippen LogP contribution in [0.1, 0.15) is 27.0 Å². The predicted octanol–water partition coefficient (Wildman–Crippen LogP) is 7.43. The van der Waals surface area contributed by atoms with Crippen LogP contribution in [0.3, 0.4) is 0 Å². The molecule has 0 spiro atoms. The van der Waals surface area contributed by atoms with Crippen LogP contribution in [0.15, 0.2) is 108 Å². The van der Waals surface area contributed by atoms with Crippen LogP contribution in [0.2, 0.25) is 5.02 Å². The summed E-state index contributed by atoms with van der Waals surface area (Å²) in [5, 5.41) is 6.70. The second kappa shape index (κ2) is 13.6. The number of nitrogens with zero attached hydrogens (tertiary/aromatic N) is 1. The van der Waals surface area contributed by atoms with Crippen LogP contribution in [-0.2, 0) is 13.2 Å². The molecule has 0 aromatic heterocycles. The van der Waals surface area contributed by atoms with Crippen LogP contribution < -0.4 is 24.4 Å². The van der Waals surface area contributed by atoms with Gasteiger partial charge in [0.1, 0.15) is 13.2 Å². The van der Waals surface area contributed by atoms with E-state index in [0.29, 0.717) is 52.4 Å². The molecule has 0 aliphatic carbocycles. The quantitative estimate of drug-likeness (QED) is 0.130. The normalized spacial score (nSPS) is 10.9. The van der Waals surface area contributed by atoms with E-state index in [1.54, 1.807) is 37.4 Å². The van der Waals surface area contributed by atoms with Gasteiger partial charge in [0.05, 0.1) is 25.5 Å². The first-order chi connectivity index (χ1) is 20.6. The molecule has 0 fully saturated rings. The molecule has 0 atom stereocenters. The second-order valence-corrected chi connectivity index (χ2v) is 9.71. The zero-order chi connectivity index (χ0) is 29.3. The van der Waals surface area contributed by atoms with Crippen LogP contribution in [0, 0.1) is 0 Å². The summed E-state index contributed by atoms with van der Waals surface area (Å²) in [6.07, 6.45) is 1.48. The summed E-state index contributed by atoms with van der Waals surface area (Å²) < 4.78 is 22.9. The van der Waals surface area contributed by atoms with E-state index in [0.717, 1.165) is 21.9 Å².